The molecule has 2 saturated heterocycles. The van der Waals surface area contributed by atoms with Gasteiger partial charge in [-0.15, -0.1) is 0 Å². The van der Waals surface area contributed by atoms with E-state index in [2.05, 4.69) is 10.1 Å². The summed E-state index contributed by atoms with van der Waals surface area (Å²) in [5.41, 5.74) is 0.355. The molecule has 7 nitrogen and oxygen atoms in total. The molecule has 0 aromatic carbocycles. The quantitative estimate of drug-likeness (QED) is 0.841. The molecule has 2 aromatic rings. The molecule has 0 saturated carbocycles. The predicted octanol–water partition coefficient (Wildman–Crippen LogP) is 1.13. The lowest BCUT2D eigenvalue weighted by molar-refractivity contribution is -0.122. The molecular weight excluding hydrogens is 308 g/mol. The molecule has 0 aliphatic carbocycles. The van der Waals surface area contributed by atoms with Crippen LogP contribution in [-0.4, -0.2) is 57.5 Å². The van der Waals surface area contributed by atoms with Crippen LogP contribution in [0.25, 0.3) is 0 Å². The van der Waals surface area contributed by atoms with Crippen molar-refractivity contribution in [1.82, 2.24) is 19.7 Å². The molecule has 4 rings (SSSR count). The highest BCUT2D eigenvalue weighted by Crippen LogP contribution is 2.40. The molecule has 2 fully saturated rings. The molecule has 1 amide bonds. The summed E-state index contributed by atoms with van der Waals surface area (Å²) in [7, 11) is 1.81. The molecule has 24 heavy (non-hydrogen) atoms. The molecule has 4 heterocycles. The number of aryl methyl sites for hydroxylation is 1. The van der Waals surface area contributed by atoms with Crippen LogP contribution in [-0.2, 0) is 11.8 Å². The Bertz CT molecular complexity index is 724. The van der Waals surface area contributed by atoms with Crippen molar-refractivity contribution in [3.63, 3.8) is 0 Å². The van der Waals surface area contributed by atoms with E-state index in [1.54, 1.807) is 36.5 Å². The maximum atomic E-state index is 12.4. The Labute approximate surface area is 140 Å². The SMILES string of the molecule is Cn1cc(C(=O)N2CC3(C2)OCC[C@H]3COc2cccnc2)cn1. The minimum atomic E-state index is -0.264. The summed E-state index contributed by atoms with van der Waals surface area (Å²) in [6, 6.07) is 3.75. The van der Waals surface area contributed by atoms with E-state index in [9.17, 15) is 4.79 Å². The van der Waals surface area contributed by atoms with Gasteiger partial charge in [0.2, 0.25) is 0 Å². The molecule has 7 heteroatoms. The maximum absolute atomic E-state index is 12.4. The summed E-state index contributed by atoms with van der Waals surface area (Å²) in [4.78, 5) is 18.3. The third-order valence-electron chi connectivity index (χ3n) is 4.84. The Kier molecular flexibility index (Phi) is 3.72. The number of rotatable bonds is 4. The largest absolute Gasteiger partial charge is 0.492 e. The number of amides is 1. The zero-order valence-corrected chi connectivity index (χ0v) is 13.6. The van der Waals surface area contributed by atoms with Gasteiger partial charge < -0.3 is 14.4 Å². The lowest BCUT2D eigenvalue weighted by atomic mass is 9.81. The molecule has 2 aromatic heterocycles. The summed E-state index contributed by atoms with van der Waals surface area (Å²) in [6.45, 7) is 2.53. The second-order valence-corrected chi connectivity index (χ2v) is 6.46. The van der Waals surface area contributed by atoms with Gasteiger partial charge in [0.25, 0.3) is 5.91 Å². The van der Waals surface area contributed by atoms with Crippen LogP contribution < -0.4 is 4.74 Å². The number of carbonyl (C=O) groups excluding carboxylic acids is 1. The Balaban J connectivity index is 1.36. The number of carbonyl (C=O) groups is 1. The van der Waals surface area contributed by atoms with Crippen LogP contribution >= 0.6 is 0 Å². The van der Waals surface area contributed by atoms with E-state index in [0.717, 1.165) is 18.8 Å². The Hall–Kier alpha value is -2.41. The number of hydrogen-bond donors (Lipinski definition) is 0. The highest BCUT2D eigenvalue weighted by molar-refractivity contribution is 5.94. The predicted molar refractivity (Wildman–Crippen MR) is 85.6 cm³/mol. The zero-order valence-electron chi connectivity index (χ0n) is 13.6. The number of aromatic nitrogens is 3. The molecule has 1 spiro atoms. The van der Waals surface area contributed by atoms with Crippen LogP contribution in [0, 0.1) is 5.92 Å². The third-order valence-corrected chi connectivity index (χ3v) is 4.84. The van der Waals surface area contributed by atoms with Crippen molar-refractivity contribution in [3.05, 3.63) is 42.5 Å². The van der Waals surface area contributed by atoms with Crippen molar-refractivity contribution < 1.29 is 14.3 Å². The van der Waals surface area contributed by atoms with Crippen molar-refractivity contribution in [2.75, 3.05) is 26.3 Å². The molecule has 0 N–H and O–H groups in total. The molecule has 2 aliphatic rings. The van der Waals surface area contributed by atoms with Crippen LogP contribution in [0.3, 0.4) is 0 Å². The molecule has 2 aliphatic heterocycles. The van der Waals surface area contributed by atoms with E-state index >= 15 is 0 Å². The maximum Gasteiger partial charge on any atom is 0.257 e. The van der Waals surface area contributed by atoms with Crippen molar-refractivity contribution in [2.24, 2.45) is 13.0 Å². The van der Waals surface area contributed by atoms with Gasteiger partial charge in [0.05, 0.1) is 37.7 Å². The normalized spacial score (nSPS) is 21.7. The van der Waals surface area contributed by atoms with Crippen molar-refractivity contribution in [2.45, 2.75) is 12.0 Å². The first-order valence-electron chi connectivity index (χ1n) is 8.11. The number of pyridine rings is 1. The van der Waals surface area contributed by atoms with Crippen LogP contribution in [0.5, 0.6) is 5.75 Å². The van der Waals surface area contributed by atoms with Crippen LogP contribution in [0.15, 0.2) is 36.9 Å². The number of likely N-dealkylation sites (tertiary alicyclic amines) is 1. The molecule has 1 atom stereocenters. The van der Waals surface area contributed by atoms with Crippen molar-refractivity contribution >= 4 is 5.91 Å². The third kappa shape index (κ3) is 2.65. The van der Waals surface area contributed by atoms with E-state index in [1.807, 2.05) is 17.0 Å². The fraction of sp³-hybridized carbons (Fsp3) is 0.471. The second-order valence-electron chi connectivity index (χ2n) is 6.46. The van der Waals surface area contributed by atoms with Gasteiger partial charge in [-0.1, -0.05) is 0 Å². The highest BCUT2D eigenvalue weighted by Gasteiger charge is 2.54. The fourth-order valence-corrected chi connectivity index (χ4v) is 3.46. The van der Waals surface area contributed by atoms with Crippen molar-refractivity contribution in [3.8, 4) is 5.75 Å². The monoisotopic (exact) mass is 328 g/mol. The van der Waals surface area contributed by atoms with Crippen LogP contribution in [0.4, 0.5) is 0 Å². The van der Waals surface area contributed by atoms with Gasteiger partial charge in [-0.25, -0.2) is 0 Å². The van der Waals surface area contributed by atoms with E-state index in [1.165, 1.54) is 0 Å². The van der Waals surface area contributed by atoms with Gasteiger partial charge in [-0.2, -0.15) is 5.10 Å². The number of hydrogen-bond acceptors (Lipinski definition) is 5. The lowest BCUT2D eigenvalue weighted by Gasteiger charge is -2.49. The van der Waals surface area contributed by atoms with Gasteiger partial charge in [0, 0.05) is 32.0 Å². The van der Waals surface area contributed by atoms with Gasteiger partial charge in [0.15, 0.2) is 0 Å². The summed E-state index contributed by atoms with van der Waals surface area (Å²) >= 11 is 0. The Morgan fingerprint density at radius 3 is 3.04 bits per heavy atom. The standard InChI is InChI=1S/C17H20N4O3/c1-20-9-13(7-19-20)16(22)21-11-17(12-21)14(4-6-24-17)10-23-15-3-2-5-18-8-15/h2-3,5,7-9,14H,4,6,10-12H2,1H3/t14-/m0/s1. The smallest absolute Gasteiger partial charge is 0.257 e. The van der Waals surface area contributed by atoms with Crippen molar-refractivity contribution in [1.29, 1.82) is 0 Å². The lowest BCUT2D eigenvalue weighted by Crippen LogP contribution is -2.66. The molecule has 0 bridgehead atoms. The van der Waals surface area contributed by atoms with E-state index < -0.39 is 0 Å². The van der Waals surface area contributed by atoms with Gasteiger partial charge in [0.1, 0.15) is 11.4 Å². The van der Waals surface area contributed by atoms with E-state index in [0.29, 0.717) is 25.3 Å². The summed E-state index contributed by atoms with van der Waals surface area (Å²) in [6.07, 6.45) is 7.73. The van der Waals surface area contributed by atoms with Gasteiger partial charge >= 0.3 is 0 Å². The van der Waals surface area contributed by atoms with E-state index in [4.69, 9.17) is 9.47 Å². The van der Waals surface area contributed by atoms with E-state index in [-0.39, 0.29) is 17.4 Å². The first-order valence-corrected chi connectivity index (χ1v) is 8.11. The summed E-state index contributed by atoms with van der Waals surface area (Å²) in [5, 5.41) is 4.06. The van der Waals surface area contributed by atoms with Crippen LogP contribution in [0.1, 0.15) is 16.8 Å². The summed E-state index contributed by atoms with van der Waals surface area (Å²) in [5.74, 6) is 1.06. The molecule has 0 unspecified atom stereocenters. The Morgan fingerprint density at radius 2 is 2.33 bits per heavy atom. The Morgan fingerprint density at radius 1 is 1.46 bits per heavy atom. The fourth-order valence-electron chi connectivity index (χ4n) is 3.46. The summed E-state index contributed by atoms with van der Waals surface area (Å²) < 4.78 is 13.5. The first-order chi connectivity index (χ1) is 11.7. The number of nitrogens with zero attached hydrogens (tertiary/aromatic N) is 4. The van der Waals surface area contributed by atoms with Gasteiger partial charge in [-0.3, -0.25) is 14.5 Å². The average Bonchev–Trinajstić information content (AvgIpc) is 3.18. The minimum Gasteiger partial charge on any atom is -0.492 e. The zero-order chi connectivity index (χ0) is 16.6. The molecule has 0 radical (unpaired) electrons. The average molecular weight is 328 g/mol. The van der Waals surface area contributed by atoms with Crippen LogP contribution in [0.2, 0.25) is 0 Å². The minimum absolute atomic E-state index is 0.0103. The molecular formula is C17H20N4O3. The topological polar surface area (TPSA) is 69.5 Å². The van der Waals surface area contributed by atoms with Gasteiger partial charge in [-0.05, 0) is 18.6 Å². The first kappa shape index (κ1) is 15.1. The number of ether oxygens (including phenoxy) is 2. The highest BCUT2D eigenvalue weighted by atomic mass is 16.5. The molecule has 126 valence electrons. The second kappa shape index (κ2) is 5.90.